The van der Waals surface area contributed by atoms with Crippen LogP contribution in [0, 0.1) is 11.6 Å². The first-order valence-electron chi connectivity index (χ1n) is 8.27. The van der Waals surface area contributed by atoms with E-state index in [1.165, 1.54) is 12.1 Å². The molecule has 0 atom stereocenters. The SMILES string of the molecule is O=C(Cl)C1(c2ccccc2F)CC1.O=C(O)C1(c2ccccc2F)CC1. The average molecular weight is 379 g/mol. The highest BCUT2D eigenvalue weighted by Gasteiger charge is 2.53. The van der Waals surface area contributed by atoms with Crippen molar-refractivity contribution in [3.05, 3.63) is 71.3 Å². The smallest absolute Gasteiger partial charge is 0.314 e. The van der Waals surface area contributed by atoms with Crippen LogP contribution in [0.4, 0.5) is 8.78 Å². The molecule has 0 radical (unpaired) electrons. The van der Waals surface area contributed by atoms with Gasteiger partial charge >= 0.3 is 5.97 Å². The fraction of sp³-hybridized carbons (Fsp3) is 0.300. The molecular weight excluding hydrogens is 362 g/mol. The van der Waals surface area contributed by atoms with Crippen LogP contribution in [0.2, 0.25) is 0 Å². The summed E-state index contributed by atoms with van der Waals surface area (Å²) in [6.07, 6.45) is 2.42. The lowest BCUT2D eigenvalue weighted by Crippen LogP contribution is -2.20. The molecule has 0 unspecified atom stereocenters. The Morgan fingerprint density at radius 3 is 1.50 bits per heavy atom. The zero-order chi connectivity index (χ0) is 18.9. The highest BCUT2D eigenvalue weighted by atomic mass is 35.5. The standard InChI is InChI=1S/C10H8ClFO.C10H9FO2/c11-9(13)10(5-6-10)7-3-1-2-4-8(7)12;11-8-4-2-1-3-7(8)10(5-6-10)9(12)13/h1-4H,5-6H2;1-4H,5-6H2,(H,12,13). The van der Waals surface area contributed by atoms with E-state index in [0.717, 1.165) is 0 Å². The maximum atomic E-state index is 13.3. The predicted octanol–water partition coefficient (Wildman–Crippen LogP) is 4.56. The summed E-state index contributed by atoms with van der Waals surface area (Å²) in [5.41, 5.74) is -0.879. The summed E-state index contributed by atoms with van der Waals surface area (Å²) in [5, 5.41) is 8.47. The lowest BCUT2D eigenvalue weighted by atomic mass is 9.96. The molecule has 0 amide bonds. The quantitative estimate of drug-likeness (QED) is 0.793. The number of carbonyl (C=O) groups is 2. The van der Waals surface area contributed by atoms with Crippen LogP contribution in [-0.2, 0) is 20.4 Å². The summed E-state index contributed by atoms with van der Waals surface area (Å²) in [5.74, 6) is -1.67. The highest BCUT2D eigenvalue weighted by molar-refractivity contribution is 6.66. The normalized spacial score (nSPS) is 18.3. The van der Waals surface area contributed by atoms with Crippen LogP contribution in [0.3, 0.4) is 0 Å². The maximum absolute atomic E-state index is 13.3. The first-order chi connectivity index (χ1) is 12.3. The van der Waals surface area contributed by atoms with E-state index in [1.54, 1.807) is 36.4 Å². The third kappa shape index (κ3) is 3.23. The Morgan fingerprint density at radius 2 is 1.19 bits per heavy atom. The number of carboxylic acids is 1. The molecule has 0 aromatic heterocycles. The van der Waals surface area contributed by atoms with Gasteiger partial charge in [0.05, 0.1) is 10.8 Å². The molecular formula is C20H17ClF2O3. The summed E-state index contributed by atoms with van der Waals surface area (Å²) < 4.78 is 26.5. The molecule has 6 heteroatoms. The second kappa shape index (κ2) is 6.80. The lowest BCUT2D eigenvalue weighted by Gasteiger charge is -2.10. The second-order valence-electron chi connectivity index (χ2n) is 6.70. The van der Waals surface area contributed by atoms with Crippen LogP contribution in [-0.4, -0.2) is 16.3 Å². The van der Waals surface area contributed by atoms with Crippen LogP contribution in [0.15, 0.2) is 48.5 Å². The Labute approximate surface area is 154 Å². The van der Waals surface area contributed by atoms with Gasteiger partial charge in [0.1, 0.15) is 11.6 Å². The molecule has 4 rings (SSSR count). The van der Waals surface area contributed by atoms with Crippen molar-refractivity contribution in [3.8, 4) is 0 Å². The Bertz CT molecular complexity index is 786. The Kier molecular flexibility index (Phi) is 4.84. The van der Waals surface area contributed by atoms with Gasteiger partial charge in [0.15, 0.2) is 0 Å². The van der Waals surface area contributed by atoms with Crippen LogP contribution in [0.5, 0.6) is 0 Å². The first-order valence-corrected chi connectivity index (χ1v) is 8.65. The Hall–Kier alpha value is -2.27. The van der Waals surface area contributed by atoms with Crippen LogP contribution in [0.25, 0.3) is 0 Å². The van der Waals surface area contributed by atoms with Crippen molar-refractivity contribution in [1.82, 2.24) is 0 Å². The van der Waals surface area contributed by atoms with E-state index in [-0.39, 0.29) is 5.82 Å². The van der Waals surface area contributed by atoms with Gasteiger partial charge in [-0.1, -0.05) is 36.4 Å². The second-order valence-corrected chi connectivity index (χ2v) is 7.05. The first kappa shape index (κ1) is 18.5. The molecule has 2 aliphatic carbocycles. The number of benzene rings is 2. The Morgan fingerprint density at radius 1 is 0.808 bits per heavy atom. The molecule has 0 aliphatic heterocycles. The lowest BCUT2D eigenvalue weighted by molar-refractivity contribution is -0.140. The molecule has 2 fully saturated rings. The largest absolute Gasteiger partial charge is 0.481 e. The fourth-order valence-corrected chi connectivity index (χ4v) is 3.41. The predicted molar refractivity (Wildman–Crippen MR) is 93.1 cm³/mol. The third-order valence-electron chi connectivity index (χ3n) is 5.06. The number of halogens is 3. The van der Waals surface area contributed by atoms with Gasteiger partial charge in [-0.25, -0.2) is 8.78 Å². The Balaban J connectivity index is 0.000000151. The topological polar surface area (TPSA) is 54.4 Å². The molecule has 2 aromatic rings. The van der Waals surface area contributed by atoms with Gasteiger partial charge in [-0.3, -0.25) is 9.59 Å². The van der Waals surface area contributed by atoms with E-state index in [2.05, 4.69) is 0 Å². The third-order valence-corrected chi connectivity index (χ3v) is 5.43. The van der Waals surface area contributed by atoms with E-state index in [0.29, 0.717) is 36.8 Å². The van der Waals surface area contributed by atoms with Gasteiger partial charge in [0, 0.05) is 11.1 Å². The molecule has 0 bridgehead atoms. The minimum absolute atomic E-state index is 0.322. The number of hydrogen-bond donors (Lipinski definition) is 1. The van der Waals surface area contributed by atoms with E-state index in [9.17, 15) is 18.4 Å². The van der Waals surface area contributed by atoms with Crippen molar-refractivity contribution in [2.24, 2.45) is 0 Å². The van der Waals surface area contributed by atoms with Crippen molar-refractivity contribution >= 4 is 22.8 Å². The number of rotatable bonds is 4. The molecule has 1 N–H and O–H groups in total. The zero-order valence-electron chi connectivity index (χ0n) is 13.8. The number of aliphatic carboxylic acids is 1. The molecule has 3 nitrogen and oxygen atoms in total. The molecule has 0 spiro atoms. The van der Waals surface area contributed by atoms with Gasteiger partial charge in [-0.05, 0) is 49.4 Å². The van der Waals surface area contributed by atoms with Crippen molar-refractivity contribution in [1.29, 1.82) is 0 Å². The minimum atomic E-state index is -0.925. The molecule has 136 valence electrons. The molecule has 0 heterocycles. The van der Waals surface area contributed by atoms with E-state index in [4.69, 9.17) is 16.7 Å². The summed E-state index contributed by atoms with van der Waals surface area (Å²) in [4.78, 5) is 21.9. The summed E-state index contributed by atoms with van der Waals surface area (Å²) >= 11 is 5.43. The van der Waals surface area contributed by atoms with E-state index in [1.807, 2.05) is 0 Å². The van der Waals surface area contributed by atoms with Crippen LogP contribution in [0.1, 0.15) is 36.8 Å². The monoisotopic (exact) mass is 378 g/mol. The van der Waals surface area contributed by atoms with Gasteiger partial charge in [0.2, 0.25) is 5.24 Å². The average Bonchev–Trinajstić information content (AvgIpc) is 3.50. The van der Waals surface area contributed by atoms with Gasteiger partial charge in [-0.15, -0.1) is 0 Å². The van der Waals surface area contributed by atoms with E-state index >= 15 is 0 Å². The van der Waals surface area contributed by atoms with Gasteiger partial charge in [-0.2, -0.15) is 0 Å². The van der Waals surface area contributed by atoms with Gasteiger partial charge in [0.25, 0.3) is 0 Å². The van der Waals surface area contributed by atoms with E-state index < -0.39 is 27.9 Å². The minimum Gasteiger partial charge on any atom is -0.481 e. The maximum Gasteiger partial charge on any atom is 0.314 e. The highest BCUT2D eigenvalue weighted by Crippen LogP contribution is 2.50. The summed E-state index contributed by atoms with van der Waals surface area (Å²) in [6.45, 7) is 0. The van der Waals surface area contributed by atoms with Crippen molar-refractivity contribution in [2.75, 3.05) is 0 Å². The van der Waals surface area contributed by atoms with Gasteiger partial charge < -0.3 is 5.11 Å². The summed E-state index contributed by atoms with van der Waals surface area (Å²) in [7, 11) is 0. The molecule has 2 aliphatic rings. The molecule has 26 heavy (non-hydrogen) atoms. The molecule has 2 saturated carbocycles. The molecule has 0 saturated heterocycles. The van der Waals surface area contributed by atoms with Crippen molar-refractivity contribution < 1.29 is 23.5 Å². The summed E-state index contributed by atoms with van der Waals surface area (Å²) in [6, 6.07) is 12.4. The van der Waals surface area contributed by atoms with Crippen molar-refractivity contribution in [2.45, 2.75) is 36.5 Å². The zero-order valence-corrected chi connectivity index (χ0v) is 14.6. The number of carbonyl (C=O) groups excluding carboxylic acids is 1. The van der Waals surface area contributed by atoms with Crippen LogP contribution < -0.4 is 0 Å². The number of hydrogen-bond acceptors (Lipinski definition) is 2. The van der Waals surface area contributed by atoms with Crippen LogP contribution >= 0.6 is 11.6 Å². The fourth-order valence-electron chi connectivity index (χ4n) is 3.12. The van der Waals surface area contributed by atoms with Crippen molar-refractivity contribution in [3.63, 3.8) is 0 Å². The molecule has 2 aromatic carbocycles. The number of carboxylic acid groups (broad SMARTS) is 1.